The summed E-state index contributed by atoms with van der Waals surface area (Å²) in [4.78, 5) is 9.47. The highest BCUT2D eigenvalue weighted by Crippen LogP contribution is 2.21. The summed E-state index contributed by atoms with van der Waals surface area (Å²) in [5.74, 6) is 0. The number of aromatic nitrogens is 2. The van der Waals surface area contributed by atoms with Gasteiger partial charge < -0.3 is 9.47 Å². The molecule has 2 aliphatic rings. The lowest BCUT2D eigenvalue weighted by Crippen LogP contribution is -2.37. The topological polar surface area (TPSA) is 24.3 Å². The molecule has 3 rings (SSSR count). The van der Waals surface area contributed by atoms with E-state index in [4.69, 9.17) is 0 Å². The number of fused-ring (bicyclic) bond motifs is 1. The molecule has 1 aromatic rings. The second kappa shape index (κ2) is 5.85. The van der Waals surface area contributed by atoms with Gasteiger partial charge in [0, 0.05) is 31.5 Å². The quantitative estimate of drug-likeness (QED) is 0.806. The van der Waals surface area contributed by atoms with Crippen molar-refractivity contribution in [1.29, 1.82) is 0 Å². The van der Waals surface area contributed by atoms with Crippen LogP contribution in [0.25, 0.3) is 0 Å². The fraction of sp³-hybridized carbons (Fsp3) is 0.786. The second-order valence-electron chi connectivity index (χ2n) is 5.64. The molecule has 0 spiro atoms. The Morgan fingerprint density at radius 2 is 2.06 bits per heavy atom. The average Bonchev–Trinajstić information content (AvgIpc) is 2.99. The van der Waals surface area contributed by atoms with Crippen molar-refractivity contribution in [3.8, 4) is 0 Å². The first-order valence-electron chi connectivity index (χ1n) is 7.34. The second-order valence-corrected chi connectivity index (χ2v) is 5.64. The first-order valence-corrected chi connectivity index (χ1v) is 7.34. The van der Waals surface area contributed by atoms with Gasteiger partial charge in [-0.05, 0) is 51.9 Å². The maximum atomic E-state index is 4.09. The molecule has 100 valence electrons. The molecule has 0 aromatic carbocycles. The van der Waals surface area contributed by atoms with Crippen LogP contribution in [-0.2, 0) is 6.54 Å². The smallest absolute Gasteiger partial charge is 0.0945 e. The van der Waals surface area contributed by atoms with Crippen molar-refractivity contribution in [3.63, 3.8) is 0 Å². The monoisotopic (exact) mass is 248 g/mol. The Morgan fingerprint density at radius 3 is 2.94 bits per heavy atom. The Balaban J connectivity index is 1.44. The van der Waals surface area contributed by atoms with Crippen LogP contribution in [0.1, 0.15) is 25.7 Å². The van der Waals surface area contributed by atoms with E-state index >= 15 is 0 Å². The average molecular weight is 248 g/mol. The minimum atomic E-state index is 0.848. The molecule has 0 radical (unpaired) electrons. The zero-order valence-electron chi connectivity index (χ0n) is 11.2. The van der Waals surface area contributed by atoms with Crippen LogP contribution in [0.3, 0.4) is 0 Å². The first-order chi connectivity index (χ1) is 8.92. The molecule has 1 aromatic heterocycles. The van der Waals surface area contributed by atoms with E-state index in [0.29, 0.717) is 0 Å². The van der Waals surface area contributed by atoms with Crippen LogP contribution in [0.2, 0.25) is 0 Å². The molecule has 2 fully saturated rings. The normalized spacial score (nSPS) is 26.1. The number of rotatable bonds is 4. The van der Waals surface area contributed by atoms with Gasteiger partial charge in [-0.3, -0.25) is 4.90 Å². The number of imidazole rings is 1. The van der Waals surface area contributed by atoms with E-state index in [2.05, 4.69) is 25.5 Å². The van der Waals surface area contributed by atoms with Gasteiger partial charge in [0.1, 0.15) is 0 Å². The molecule has 0 bridgehead atoms. The lowest BCUT2D eigenvalue weighted by molar-refractivity contribution is 0.217. The van der Waals surface area contributed by atoms with Crippen molar-refractivity contribution in [2.24, 2.45) is 0 Å². The molecule has 1 atom stereocenters. The fourth-order valence-corrected chi connectivity index (χ4v) is 3.38. The SMILES string of the molecule is c1cn(CCCN2CCCN3CCC[C@H]3C2)cn1. The Hall–Kier alpha value is -0.870. The van der Waals surface area contributed by atoms with Crippen molar-refractivity contribution in [3.05, 3.63) is 18.7 Å². The molecular weight excluding hydrogens is 224 g/mol. The maximum Gasteiger partial charge on any atom is 0.0945 e. The molecule has 2 aliphatic heterocycles. The van der Waals surface area contributed by atoms with Crippen molar-refractivity contribution in [2.75, 3.05) is 32.7 Å². The number of aryl methyl sites for hydroxylation is 1. The summed E-state index contributed by atoms with van der Waals surface area (Å²) in [7, 11) is 0. The third-order valence-corrected chi connectivity index (χ3v) is 4.34. The summed E-state index contributed by atoms with van der Waals surface area (Å²) in [6.45, 7) is 7.59. The molecule has 3 heterocycles. The van der Waals surface area contributed by atoms with Crippen LogP contribution in [0.4, 0.5) is 0 Å². The molecular formula is C14H24N4. The number of hydrogen-bond acceptors (Lipinski definition) is 3. The molecule has 0 unspecified atom stereocenters. The lowest BCUT2D eigenvalue weighted by atomic mass is 10.2. The summed E-state index contributed by atoms with van der Waals surface area (Å²) in [6.07, 6.45) is 11.3. The molecule has 4 nitrogen and oxygen atoms in total. The van der Waals surface area contributed by atoms with Crippen LogP contribution < -0.4 is 0 Å². The first kappa shape index (κ1) is 12.2. The molecule has 2 saturated heterocycles. The van der Waals surface area contributed by atoms with Gasteiger partial charge in [0.25, 0.3) is 0 Å². The Labute approximate surface area is 110 Å². The van der Waals surface area contributed by atoms with Gasteiger partial charge in [-0.25, -0.2) is 4.98 Å². The number of hydrogen-bond donors (Lipinski definition) is 0. The summed E-state index contributed by atoms with van der Waals surface area (Å²) in [5.41, 5.74) is 0. The highest BCUT2D eigenvalue weighted by Gasteiger charge is 2.28. The van der Waals surface area contributed by atoms with E-state index in [-0.39, 0.29) is 0 Å². The summed E-state index contributed by atoms with van der Waals surface area (Å²) >= 11 is 0. The van der Waals surface area contributed by atoms with Crippen LogP contribution in [-0.4, -0.2) is 58.1 Å². The van der Waals surface area contributed by atoms with Gasteiger partial charge >= 0.3 is 0 Å². The van der Waals surface area contributed by atoms with E-state index in [1.165, 1.54) is 58.4 Å². The molecule has 0 amide bonds. The molecule has 18 heavy (non-hydrogen) atoms. The van der Waals surface area contributed by atoms with Crippen molar-refractivity contribution >= 4 is 0 Å². The minimum absolute atomic E-state index is 0.848. The standard InChI is InChI=1S/C14H24N4/c1-4-14-12-16(7-3-10-18(14)9-1)6-2-8-17-11-5-15-13-17/h5,11,13-14H,1-4,6-10,12H2/t14-/m0/s1. The lowest BCUT2D eigenvalue weighted by Gasteiger charge is -2.25. The Morgan fingerprint density at radius 1 is 1.11 bits per heavy atom. The van der Waals surface area contributed by atoms with Gasteiger partial charge in [0.2, 0.25) is 0 Å². The van der Waals surface area contributed by atoms with Gasteiger partial charge in [-0.2, -0.15) is 0 Å². The van der Waals surface area contributed by atoms with Gasteiger partial charge in [-0.1, -0.05) is 0 Å². The zero-order chi connectivity index (χ0) is 12.2. The molecule has 4 heteroatoms. The fourth-order valence-electron chi connectivity index (χ4n) is 3.38. The van der Waals surface area contributed by atoms with Crippen LogP contribution in [0, 0.1) is 0 Å². The Kier molecular flexibility index (Phi) is 3.96. The van der Waals surface area contributed by atoms with Crippen LogP contribution >= 0.6 is 0 Å². The molecule has 0 aliphatic carbocycles. The van der Waals surface area contributed by atoms with Gasteiger partial charge in [-0.15, -0.1) is 0 Å². The third kappa shape index (κ3) is 2.93. The highest BCUT2D eigenvalue weighted by atomic mass is 15.3. The van der Waals surface area contributed by atoms with E-state index in [1.807, 2.05) is 12.5 Å². The van der Waals surface area contributed by atoms with Crippen LogP contribution in [0.5, 0.6) is 0 Å². The predicted molar refractivity (Wildman–Crippen MR) is 72.5 cm³/mol. The van der Waals surface area contributed by atoms with Gasteiger partial charge in [0.05, 0.1) is 6.33 Å². The van der Waals surface area contributed by atoms with Gasteiger partial charge in [0.15, 0.2) is 0 Å². The molecule has 0 N–H and O–H groups in total. The largest absolute Gasteiger partial charge is 0.337 e. The maximum absolute atomic E-state index is 4.09. The zero-order valence-corrected chi connectivity index (χ0v) is 11.2. The van der Waals surface area contributed by atoms with Crippen LogP contribution in [0.15, 0.2) is 18.7 Å². The predicted octanol–water partition coefficient (Wildman–Crippen LogP) is 1.44. The van der Waals surface area contributed by atoms with Crippen molar-refractivity contribution in [2.45, 2.75) is 38.3 Å². The van der Waals surface area contributed by atoms with E-state index < -0.39 is 0 Å². The third-order valence-electron chi connectivity index (χ3n) is 4.34. The summed E-state index contributed by atoms with van der Waals surface area (Å²) in [6, 6.07) is 0.848. The number of nitrogens with zero attached hydrogens (tertiary/aromatic N) is 4. The van der Waals surface area contributed by atoms with E-state index in [1.54, 1.807) is 0 Å². The summed E-state index contributed by atoms with van der Waals surface area (Å²) in [5, 5.41) is 0. The van der Waals surface area contributed by atoms with E-state index in [0.717, 1.165) is 12.6 Å². The van der Waals surface area contributed by atoms with Crippen molar-refractivity contribution in [1.82, 2.24) is 19.4 Å². The highest BCUT2D eigenvalue weighted by molar-refractivity contribution is 4.85. The van der Waals surface area contributed by atoms with Crippen molar-refractivity contribution < 1.29 is 0 Å². The molecule has 0 saturated carbocycles. The minimum Gasteiger partial charge on any atom is -0.337 e. The summed E-state index contributed by atoms with van der Waals surface area (Å²) < 4.78 is 2.18. The Bertz CT molecular complexity index is 349. The van der Waals surface area contributed by atoms with E-state index in [9.17, 15) is 0 Å².